The van der Waals surface area contributed by atoms with E-state index >= 15 is 0 Å². The molecular formula is C13H20BrN. The summed E-state index contributed by atoms with van der Waals surface area (Å²) in [5, 5.41) is 3.27. The topological polar surface area (TPSA) is 12.0 Å². The van der Waals surface area contributed by atoms with Crippen LogP contribution in [-0.4, -0.2) is 13.6 Å². The number of benzene rings is 1. The van der Waals surface area contributed by atoms with Crippen molar-refractivity contribution in [1.29, 1.82) is 0 Å². The van der Waals surface area contributed by atoms with Gasteiger partial charge in [-0.3, -0.25) is 0 Å². The minimum absolute atomic E-state index is 0.712. The van der Waals surface area contributed by atoms with Crippen LogP contribution >= 0.6 is 15.9 Å². The van der Waals surface area contributed by atoms with Crippen molar-refractivity contribution in [3.05, 3.63) is 34.3 Å². The summed E-state index contributed by atoms with van der Waals surface area (Å²) in [6.45, 7) is 5.67. The molecule has 1 N–H and O–H groups in total. The van der Waals surface area contributed by atoms with Gasteiger partial charge in [-0.1, -0.05) is 41.9 Å². The van der Waals surface area contributed by atoms with Crippen molar-refractivity contribution < 1.29 is 0 Å². The summed E-state index contributed by atoms with van der Waals surface area (Å²) in [4.78, 5) is 0. The van der Waals surface area contributed by atoms with E-state index in [1.54, 1.807) is 0 Å². The van der Waals surface area contributed by atoms with Gasteiger partial charge in [0.15, 0.2) is 0 Å². The van der Waals surface area contributed by atoms with Crippen LogP contribution in [0, 0.1) is 11.8 Å². The van der Waals surface area contributed by atoms with Gasteiger partial charge in [0.2, 0.25) is 0 Å². The maximum atomic E-state index is 3.51. The predicted molar refractivity (Wildman–Crippen MR) is 70.1 cm³/mol. The van der Waals surface area contributed by atoms with E-state index in [0.29, 0.717) is 5.92 Å². The van der Waals surface area contributed by atoms with Crippen LogP contribution in [-0.2, 0) is 6.42 Å². The van der Waals surface area contributed by atoms with Crippen molar-refractivity contribution in [3.8, 4) is 0 Å². The highest BCUT2D eigenvalue weighted by molar-refractivity contribution is 9.10. The number of rotatable bonds is 5. The average molecular weight is 270 g/mol. The van der Waals surface area contributed by atoms with Crippen LogP contribution in [0.25, 0.3) is 0 Å². The monoisotopic (exact) mass is 269 g/mol. The first kappa shape index (κ1) is 12.7. The Hall–Kier alpha value is -0.340. The number of hydrogen-bond donors (Lipinski definition) is 1. The molecule has 0 aliphatic rings. The lowest BCUT2D eigenvalue weighted by atomic mass is 9.89. The van der Waals surface area contributed by atoms with E-state index < -0.39 is 0 Å². The molecule has 0 bridgehead atoms. The van der Waals surface area contributed by atoms with Gasteiger partial charge in [0.1, 0.15) is 0 Å². The fraction of sp³-hybridized carbons (Fsp3) is 0.538. The van der Waals surface area contributed by atoms with Crippen LogP contribution in [0.4, 0.5) is 0 Å². The number of nitrogens with one attached hydrogen (secondary N) is 1. The van der Waals surface area contributed by atoms with Gasteiger partial charge in [-0.2, -0.15) is 0 Å². The molecule has 1 atom stereocenters. The fourth-order valence-corrected chi connectivity index (χ4v) is 2.22. The van der Waals surface area contributed by atoms with E-state index in [9.17, 15) is 0 Å². The molecule has 0 spiro atoms. The minimum atomic E-state index is 0.712. The summed E-state index contributed by atoms with van der Waals surface area (Å²) in [7, 11) is 2.02. The molecule has 15 heavy (non-hydrogen) atoms. The van der Waals surface area contributed by atoms with Crippen molar-refractivity contribution in [2.45, 2.75) is 20.3 Å². The van der Waals surface area contributed by atoms with Crippen molar-refractivity contribution >= 4 is 15.9 Å². The normalized spacial score (nSPS) is 13.1. The molecule has 2 heteroatoms. The molecule has 1 nitrogen and oxygen atoms in total. The van der Waals surface area contributed by atoms with Crippen molar-refractivity contribution in [2.75, 3.05) is 13.6 Å². The lowest BCUT2D eigenvalue weighted by molar-refractivity contribution is 0.370. The van der Waals surface area contributed by atoms with Gasteiger partial charge in [0, 0.05) is 4.47 Å². The van der Waals surface area contributed by atoms with Crippen LogP contribution in [0.1, 0.15) is 19.4 Å². The third-order valence-corrected chi connectivity index (χ3v) is 3.29. The Morgan fingerprint density at radius 3 is 2.60 bits per heavy atom. The van der Waals surface area contributed by atoms with Gasteiger partial charge in [0.05, 0.1) is 0 Å². The Kier molecular flexibility index (Phi) is 5.34. The fourth-order valence-electron chi connectivity index (χ4n) is 1.77. The van der Waals surface area contributed by atoms with Gasteiger partial charge in [-0.05, 0) is 49.5 Å². The molecular weight excluding hydrogens is 250 g/mol. The Labute approximate surface area is 101 Å². The minimum Gasteiger partial charge on any atom is -0.319 e. The lowest BCUT2D eigenvalue weighted by Crippen LogP contribution is -2.25. The molecule has 0 aliphatic heterocycles. The smallest absolute Gasteiger partial charge is 0.0177 e. The molecule has 0 aliphatic carbocycles. The van der Waals surface area contributed by atoms with Crippen LogP contribution in [0.2, 0.25) is 0 Å². The van der Waals surface area contributed by atoms with E-state index in [-0.39, 0.29) is 0 Å². The Morgan fingerprint density at radius 1 is 1.33 bits per heavy atom. The second kappa shape index (κ2) is 6.29. The Bertz CT molecular complexity index is 296. The summed E-state index contributed by atoms with van der Waals surface area (Å²) in [6, 6.07) is 8.60. The first-order chi connectivity index (χ1) is 7.13. The molecule has 0 heterocycles. The molecule has 84 valence electrons. The van der Waals surface area contributed by atoms with E-state index in [2.05, 4.69) is 59.4 Å². The lowest BCUT2D eigenvalue weighted by Gasteiger charge is -2.20. The molecule has 0 amide bonds. The average Bonchev–Trinajstić information content (AvgIpc) is 2.17. The summed E-state index contributed by atoms with van der Waals surface area (Å²) in [6.07, 6.45) is 1.15. The van der Waals surface area contributed by atoms with Crippen molar-refractivity contribution in [2.24, 2.45) is 11.8 Å². The first-order valence-corrected chi connectivity index (χ1v) is 6.31. The summed E-state index contributed by atoms with van der Waals surface area (Å²) >= 11 is 3.51. The van der Waals surface area contributed by atoms with Crippen molar-refractivity contribution in [1.82, 2.24) is 5.32 Å². The van der Waals surface area contributed by atoms with E-state index in [0.717, 1.165) is 18.9 Å². The van der Waals surface area contributed by atoms with Gasteiger partial charge in [-0.25, -0.2) is 0 Å². The second-order valence-corrected chi connectivity index (χ2v) is 5.31. The van der Waals surface area contributed by atoms with Gasteiger partial charge in [0.25, 0.3) is 0 Å². The SMILES string of the molecule is CNCC(Cc1cccc(Br)c1)C(C)C. The molecule has 1 rings (SSSR count). The molecule has 1 aromatic rings. The zero-order valence-electron chi connectivity index (χ0n) is 9.76. The van der Waals surface area contributed by atoms with E-state index in [1.807, 2.05) is 7.05 Å². The van der Waals surface area contributed by atoms with Crippen LogP contribution in [0.5, 0.6) is 0 Å². The molecule has 0 aromatic heterocycles. The zero-order valence-corrected chi connectivity index (χ0v) is 11.3. The first-order valence-electron chi connectivity index (χ1n) is 5.52. The van der Waals surface area contributed by atoms with E-state index in [1.165, 1.54) is 10.0 Å². The Balaban J connectivity index is 2.65. The highest BCUT2D eigenvalue weighted by Crippen LogP contribution is 2.19. The third-order valence-electron chi connectivity index (χ3n) is 2.80. The highest BCUT2D eigenvalue weighted by atomic mass is 79.9. The van der Waals surface area contributed by atoms with Crippen molar-refractivity contribution in [3.63, 3.8) is 0 Å². The zero-order chi connectivity index (χ0) is 11.3. The van der Waals surface area contributed by atoms with Crippen LogP contribution in [0.15, 0.2) is 28.7 Å². The summed E-state index contributed by atoms with van der Waals surface area (Å²) in [5.41, 5.74) is 1.42. The quantitative estimate of drug-likeness (QED) is 0.863. The second-order valence-electron chi connectivity index (χ2n) is 4.40. The largest absolute Gasteiger partial charge is 0.319 e. The molecule has 0 fully saturated rings. The summed E-state index contributed by atoms with van der Waals surface area (Å²) < 4.78 is 1.17. The molecule has 1 aromatic carbocycles. The molecule has 0 radical (unpaired) electrons. The summed E-state index contributed by atoms with van der Waals surface area (Å²) in [5.74, 6) is 1.43. The van der Waals surface area contributed by atoms with E-state index in [4.69, 9.17) is 0 Å². The molecule has 0 saturated carbocycles. The van der Waals surface area contributed by atoms with Gasteiger partial charge in [-0.15, -0.1) is 0 Å². The molecule has 1 unspecified atom stereocenters. The van der Waals surface area contributed by atoms with Gasteiger partial charge < -0.3 is 5.32 Å². The van der Waals surface area contributed by atoms with Gasteiger partial charge >= 0.3 is 0 Å². The maximum Gasteiger partial charge on any atom is 0.0177 e. The standard InChI is InChI=1S/C13H20BrN/c1-10(2)12(9-15-3)7-11-5-4-6-13(14)8-11/h4-6,8,10,12,15H,7,9H2,1-3H3. The maximum absolute atomic E-state index is 3.51. The highest BCUT2D eigenvalue weighted by Gasteiger charge is 2.12. The van der Waals surface area contributed by atoms with Crippen LogP contribution < -0.4 is 5.32 Å². The number of hydrogen-bond acceptors (Lipinski definition) is 1. The van der Waals surface area contributed by atoms with Crippen LogP contribution in [0.3, 0.4) is 0 Å². The molecule has 0 saturated heterocycles. The Morgan fingerprint density at radius 2 is 2.07 bits per heavy atom. The third kappa shape index (κ3) is 4.35. The number of halogens is 1. The predicted octanol–water partition coefficient (Wildman–Crippen LogP) is 3.48.